The van der Waals surface area contributed by atoms with Gasteiger partial charge in [-0.15, -0.1) is 0 Å². The van der Waals surface area contributed by atoms with E-state index < -0.39 is 10.0 Å². The van der Waals surface area contributed by atoms with Gasteiger partial charge in [0.05, 0.1) is 11.3 Å². The summed E-state index contributed by atoms with van der Waals surface area (Å²) >= 11 is 0. The summed E-state index contributed by atoms with van der Waals surface area (Å²) in [6, 6.07) is 16.6. The number of likely N-dealkylation sites (tertiary alicyclic amines) is 1. The molecule has 3 rings (SSSR count). The summed E-state index contributed by atoms with van der Waals surface area (Å²) in [5.41, 5.74) is 2.08. The molecule has 5 nitrogen and oxygen atoms in total. The molecule has 1 aliphatic heterocycles. The van der Waals surface area contributed by atoms with Gasteiger partial charge in [-0.3, -0.25) is 4.79 Å². The molecule has 0 atom stereocenters. The Morgan fingerprint density at radius 1 is 1.00 bits per heavy atom. The fourth-order valence-corrected chi connectivity index (χ4v) is 4.86. The topological polar surface area (TPSA) is 66.5 Å². The minimum atomic E-state index is -3.56. The molecular weight excluding hydrogens is 384 g/mol. The maximum absolute atomic E-state index is 12.7. The van der Waals surface area contributed by atoms with Gasteiger partial charge in [0.15, 0.2) is 0 Å². The number of nitrogens with zero attached hydrogens (tertiary/aromatic N) is 1. The first-order valence-corrected chi connectivity index (χ1v) is 11.6. The van der Waals surface area contributed by atoms with Crippen LogP contribution < -0.4 is 4.72 Å². The number of carbonyl (C=O) groups excluding carboxylic acids is 1. The summed E-state index contributed by atoms with van der Waals surface area (Å²) in [5.74, 6) is 0.0928. The molecule has 0 aliphatic carbocycles. The molecule has 0 unspecified atom stereocenters. The molecule has 1 amide bonds. The quantitative estimate of drug-likeness (QED) is 0.814. The zero-order valence-electron chi connectivity index (χ0n) is 17.4. The lowest BCUT2D eigenvalue weighted by molar-refractivity contribution is -0.131. The van der Waals surface area contributed by atoms with Gasteiger partial charge in [0.2, 0.25) is 15.9 Å². The fraction of sp³-hybridized carbons (Fsp3) is 0.435. The van der Waals surface area contributed by atoms with Gasteiger partial charge in [0.1, 0.15) is 0 Å². The van der Waals surface area contributed by atoms with Crippen molar-refractivity contribution in [3.63, 3.8) is 0 Å². The number of sulfonamides is 1. The zero-order valence-corrected chi connectivity index (χ0v) is 18.2. The molecule has 1 N–H and O–H groups in total. The van der Waals surface area contributed by atoms with Gasteiger partial charge in [-0.1, -0.05) is 63.2 Å². The molecule has 29 heavy (non-hydrogen) atoms. The van der Waals surface area contributed by atoms with E-state index in [4.69, 9.17) is 0 Å². The lowest BCUT2D eigenvalue weighted by atomic mass is 9.87. The average molecular weight is 415 g/mol. The molecule has 0 spiro atoms. The molecule has 1 heterocycles. The molecule has 0 radical (unpaired) electrons. The fourth-order valence-electron chi connectivity index (χ4n) is 3.55. The van der Waals surface area contributed by atoms with Crippen molar-refractivity contribution in [2.75, 3.05) is 13.1 Å². The smallest absolute Gasteiger partial charge is 0.240 e. The van der Waals surface area contributed by atoms with Crippen molar-refractivity contribution in [3.05, 3.63) is 65.7 Å². The van der Waals surface area contributed by atoms with Crippen molar-refractivity contribution in [3.8, 4) is 0 Å². The van der Waals surface area contributed by atoms with Crippen LogP contribution in [0.25, 0.3) is 0 Å². The second kappa shape index (κ2) is 8.67. The maximum Gasteiger partial charge on any atom is 0.240 e. The number of piperidine rings is 1. The predicted octanol–water partition coefficient (Wildman–Crippen LogP) is 3.50. The average Bonchev–Trinajstić information content (AvgIpc) is 2.68. The first-order chi connectivity index (χ1) is 13.6. The highest BCUT2D eigenvalue weighted by Gasteiger charge is 2.27. The number of benzene rings is 2. The second-order valence-corrected chi connectivity index (χ2v) is 10.4. The predicted molar refractivity (Wildman–Crippen MR) is 115 cm³/mol. The van der Waals surface area contributed by atoms with Crippen molar-refractivity contribution in [2.45, 2.75) is 56.4 Å². The monoisotopic (exact) mass is 414 g/mol. The normalized spacial score (nSPS) is 16.0. The molecule has 0 bridgehead atoms. The molecule has 156 valence electrons. The molecule has 1 fully saturated rings. The summed E-state index contributed by atoms with van der Waals surface area (Å²) in [6.07, 6.45) is 1.64. The van der Waals surface area contributed by atoms with E-state index >= 15 is 0 Å². The van der Waals surface area contributed by atoms with Crippen LogP contribution in [0.1, 0.15) is 44.7 Å². The Kier molecular flexibility index (Phi) is 6.44. The first kappa shape index (κ1) is 21.5. The lowest BCUT2D eigenvalue weighted by Crippen LogP contribution is -2.46. The number of hydrogen-bond acceptors (Lipinski definition) is 3. The van der Waals surface area contributed by atoms with Crippen LogP contribution in [-0.2, 0) is 26.7 Å². The van der Waals surface area contributed by atoms with Gasteiger partial charge in [-0.25, -0.2) is 13.1 Å². The zero-order chi connectivity index (χ0) is 21.1. The minimum Gasteiger partial charge on any atom is -0.342 e. The Hall–Kier alpha value is -2.18. The van der Waals surface area contributed by atoms with Crippen LogP contribution >= 0.6 is 0 Å². The highest BCUT2D eigenvalue weighted by atomic mass is 32.2. The molecule has 2 aromatic carbocycles. The highest BCUT2D eigenvalue weighted by Crippen LogP contribution is 2.24. The third kappa shape index (κ3) is 5.67. The van der Waals surface area contributed by atoms with Crippen LogP contribution in [0.5, 0.6) is 0 Å². The number of rotatable bonds is 5. The SMILES string of the molecule is CC(C)(C)c1ccc(S(=O)(=O)NC2CCN(C(=O)Cc3ccccc3)CC2)cc1. The van der Waals surface area contributed by atoms with Gasteiger partial charge in [0, 0.05) is 19.1 Å². The number of hydrogen-bond donors (Lipinski definition) is 1. The van der Waals surface area contributed by atoms with Gasteiger partial charge < -0.3 is 4.90 Å². The van der Waals surface area contributed by atoms with Crippen molar-refractivity contribution < 1.29 is 13.2 Å². The van der Waals surface area contributed by atoms with Gasteiger partial charge in [0.25, 0.3) is 0 Å². The van der Waals surface area contributed by atoms with Crippen molar-refractivity contribution in [1.82, 2.24) is 9.62 Å². The summed E-state index contributed by atoms with van der Waals surface area (Å²) in [4.78, 5) is 14.6. The standard InChI is InChI=1S/C23H30N2O3S/c1-23(2,3)19-9-11-21(12-10-19)29(27,28)24-20-13-15-25(16-14-20)22(26)17-18-7-5-4-6-8-18/h4-12,20,24H,13-17H2,1-3H3. The summed E-state index contributed by atoms with van der Waals surface area (Å²) < 4.78 is 28.3. The minimum absolute atomic E-state index is 0.0190. The summed E-state index contributed by atoms with van der Waals surface area (Å²) in [6.45, 7) is 7.44. The molecule has 1 aliphatic rings. The van der Waals surface area contributed by atoms with Crippen molar-refractivity contribution >= 4 is 15.9 Å². The molecule has 0 aromatic heterocycles. The van der Waals surface area contributed by atoms with E-state index in [1.807, 2.05) is 47.4 Å². The highest BCUT2D eigenvalue weighted by molar-refractivity contribution is 7.89. The molecule has 6 heteroatoms. The third-order valence-electron chi connectivity index (χ3n) is 5.40. The van der Waals surface area contributed by atoms with Crippen LogP contribution in [-0.4, -0.2) is 38.4 Å². The Morgan fingerprint density at radius 3 is 2.14 bits per heavy atom. The van der Waals surface area contributed by atoms with Crippen LogP contribution in [0.15, 0.2) is 59.5 Å². The second-order valence-electron chi connectivity index (χ2n) is 8.71. The van der Waals surface area contributed by atoms with Crippen LogP contribution in [0, 0.1) is 0 Å². The van der Waals surface area contributed by atoms with E-state index in [1.165, 1.54) is 0 Å². The molecular formula is C23H30N2O3S. The number of nitrogens with one attached hydrogen (secondary N) is 1. The summed E-state index contributed by atoms with van der Waals surface area (Å²) in [7, 11) is -3.56. The van der Waals surface area contributed by atoms with Crippen LogP contribution in [0.2, 0.25) is 0 Å². The van der Waals surface area contributed by atoms with E-state index in [-0.39, 0.29) is 22.3 Å². The van der Waals surface area contributed by atoms with Crippen molar-refractivity contribution in [1.29, 1.82) is 0 Å². The van der Waals surface area contributed by atoms with Gasteiger partial charge in [-0.2, -0.15) is 0 Å². The van der Waals surface area contributed by atoms with E-state index in [0.717, 1.165) is 11.1 Å². The maximum atomic E-state index is 12.7. The molecule has 0 saturated carbocycles. The van der Waals surface area contributed by atoms with Crippen LogP contribution in [0.4, 0.5) is 0 Å². The van der Waals surface area contributed by atoms with Crippen molar-refractivity contribution in [2.24, 2.45) is 0 Å². The van der Waals surface area contributed by atoms with E-state index in [0.29, 0.717) is 32.4 Å². The third-order valence-corrected chi connectivity index (χ3v) is 6.93. The van der Waals surface area contributed by atoms with E-state index in [2.05, 4.69) is 25.5 Å². The Balaban J connectivity index is 1.55. The Morgan fingerprint density at radius 2 is 1.59 bits per heavy atom. The van der Waals surface area contributed by atoms with Gasteiger partial charge in [-0.05, 0) is 41.5 Å². The van der Waals surface area contributed by atoms with Gasteiger partial charge >= 0.3 is 0 Å². The number of amides is 1. The first-order valence-electron chi connectivity index (χ1n) is 10.1. The largest absolute Gasteiger partial charge is 0.342 e. The molecule has 2 aromatic rings. The molecule has 1 saturated heterocycles. The van der Waals surface area contributed by atoms with E-state index in [1.54, 1.807) is 12.1 Å². The van der Waals surface area contributed by atoms with E-state index in [9.17, 15) is 13.2 Å². The number of carbonyl (C=O) groups is 1. The lowest BCUT2D eigenvalue weighted by Gasteiger charge is -2.32. The summed E-state index contributed by atoms with van der Waals surface area (Å²) in [5, 5.41) is 0. The van der Waals surface area contributed by atoms with Crippen LogP contribution in [0.3, 0.4) is 0 Å². The Bertz CT molecular complexity index is 924. The Labute approximate surface area is 174 Å².